The van der Waals surface area contributed by atoms with Crippen LogP contribution in [0.4, 0.5) is 13.2 Å². The van der Waals surface area contributed by atoms with Gasteiger partial charge in [0.05, 0.1) is 0 Å². The van der Waals surface area contributed by atoms with Gasteiger partial charge in [-0.15, -0.1) is 0 Å². The first-order valence-electron chi connectivity index (χ1n) is 5.24. The normalized spacial score (nSPS) is 20.4. The highest BCUT2D eigenvalue weighted by molar-refractivity contribution is 8.00. The third-order valence-corrected chi connectivity index (χ3v) is 3.47. The number of alkyl halides is 3. The van der Waals surface area contributed by atoms with Gasteiger partial charge in [-0.3, -0.25) is 0 Å². The zero-order chi connectivity index (χ0) is 11.5. The molecule has 1 aliphatic heterocycles. The molecule has 1 aliphatic rings. The first-order chi connectivity index (χ1) is 6.83. The van der Waals surface area contributed by atoms with Crippen LogP contribution in [0.25, 0.3) is 0 Å². The number of hydrogen-bond donors (Lipinski definition) is 1. The second-order valence-corrected chi connectivity index (χ2v) is 5.91. The third-order valence-electron chi connectivity index (χ3n) is 2.74. The van der Waals surface area contributed by atoms with Gasteiger partial charge in [0.25, 0.3) is 0 Å². The summed E-state index contributed by atoms with van der Waals surface area (Å²) in [5.41, 5.74) is -3.94. The van der Waals surface area contributed by atoms with E-state index in [0.29, 0.717) is 12.3 Å². The van der Waals surface area contributed by atoms with Gasteiger partial charge < -0.3 is 5.32 Å². The van der Waals surface area contributed by atoms with Crippen molar-refractivity contribution < 1.29 is 13.2 Å². The summed E-state index contributed by atoms with van der Waals surface area (Å²) in [4.78, 5) is 0. The van der Waals surface area contributed by atoms with Crippen LogP contribution in [0.5, 0.6) is 0 Å². The van der Waals surface area contributed by atoms with Crippen molar-refractivity contribution in [2.24, 2.45) is 11.3 Å². The zero-order valence-corrected chi connectivity index (χ0v) is 9.97. The van der Waals surface area contributed by atoms with Gasteiger partial charge in [0.1, 0.15) is 0 Å². The molecule has 0 aromatic heterocycles. The van der Waals surface area contributed by atoms with E-state index >= 15 is 0 Å². The predicted octanol–water partition coefficient (Wildman–Crippen LogP) is 3.27. The fourth-order valence-electron chi connectivity index (χ4n) is 2.15. The van der Waals surface area contributed by atoms with E-state index < -0.39 is 5.51 Å². The Morgan fingerprint density at radius 3 is 2.27 bits per heavy atom. The lowest BCUT2D eigenvalue weighted by Gasteiger charge is -2.44. The van der Waals surface area contributed by atoms with Gasteiger partial charge in [-0.2, -0.15) is 13.2 Å². The zero-order valence-electron chi connectivity index (χ0n) is 9.16. The third kappa shape index (κ3) is 4.64. The quantitative estimate of drug-likeness (QED) is 0.793. The maximum Gasteiger partial charge on any atom is 0.441 e. The van der Waals surface area contributed by atoms with Crippen LogP contribution >= 0.6 is 11.8 Å². The fourth-order valence-corrected chi connectivity index (χ4v) is 2.92. The van der Waals surface area contributed by atoms with Crippen molar-refractivity contribution in [3.05, 3.63) is 0 Å². The number of nitrogens with one attached hydrogen (secondary N) is 1. The van der Waals surface area contributed by atoms with E-state index in [9.17, 15) is 13.2 Å². The Labute approximate surface area is 93.2 Å². The molecular weight excluding hydrogens is 223 g/mol. The number of rotatable bonds is 5. The van der Waals surface area contributed by atoms with Gasteiger partial charge in [-0.25, -0.2) is 0 Å². The Balaban J connectivity index is 2.28. The van der Waals surface area contributed by atoms with Crippen LogP contribution in [0.15, 0.2) is 0 Å². The van der Waals surface area contributed by atoms with Crippen LogP contribution in [0.3, 0.4) is 0 Å². The highest BCUT2D eigenvalue weighted by Gasteiger charge is 2.38. The van der Waals surface area contributed by atoms with E-state index in [4.69, 9.17) is 0 Å². The summed E-state index contributed by atoms with van der Waals surface area (Å²) in [6.45, 7) is 6.00. The molecular formula is C10H18F3NS. The summed E-state index contributed by atoms with van der Waals surface area (Å²) in [7, 11) is 0. The van der Waals surface area contributed by atoms with Gasteiger partial charge in [0.2, 0.25) is 0 Å². The molecule has 1 heterocycles. The first kappa shape index (κ1) is 13.2. The molecule has 0 spiro atoms. The standard InChI is InChI=1S/C10H18F3NS/c1-8(2)5-9(6-14-7-9)3-4-15-10(11,12)13/h8,14H,3-7H2,1-2H3. The van der Waals surface area contributed by atoms with Crippen molar-refractivity contribution >= 4 is 11.8 Å². The topological polar surface area (TPSA) is 12.0 Å². The molecule has 0 aliphatic carbocycles. The average molecular weight is 241 g/mol. The lowest BCUT2D eigenvalue weighted by molar-refractivity contribution is -0.0330. The molecule has 0 bridgehead atoms. The molecule has 1 N–H and O–H groups in total. The van der Waals surface area contributed by atoms with E-state index in [1.807, 2.05) is 0 Å². The monoisotopic (exact) mass is 241 g/mol. The summed E-state index contributed by atoms with van der Waals surface area (Å²) < 4.78 is 35.9. The maximum absolute atomic E-state index is 12.0. The Bertz CT molecular complexity index is 199. The van der Waals surface area contributed by atoms with E-state index in [2.05, 4.69) is 19.2 Å². The molecule has 1 rings (SSSR count). The van der Waals surface area contributed by atoms with Gasteiger partial charge >= 0.3 is 5.51 Å². The molecule has 0 radical (unpaired) electrons. The Hall–Kier alpha value is 0.1000. The summed E-state index contributed by atoms with van der Waals surface area (Å²) in [6, 6.07) is 0. The van der Waals surface area contributed by atoms with Crippen molar-refractivity contribution in [1.82, 2.24) is 5.32 Å². The summed E-state index contributed by atoms with van der Waals surface area (Å²) in [5.74, 6) is 0.751. The van der Waals surface area contributed by atoms with Crippen molar-refractivity contribution in [3.63, 3.8) is 0 Å². The lowest BCUT2D eigenvalue weighted by Crippen LogP contribution is -2.54. The second-order valence-electron chi connectivity index (χ2n) is 4.75. The van der Waals surface area contributed by atoms with E-state index in [-0.39, 0.29) is 22.9 Å². The van der Waals surface area contributed by atoms with Crippen molar-refractivity contribution in [3.8, 4) is 0 Å². The second kappa shape index (κ2) is 4.95. The van der Waals surface area contributed by atoms with E-state index in [1.54, 1.807) is 0 Å². The van der Waals surface area contributed by atoms with Gasteiger partial charge in [-0.05, 0) is 24.2 Å². The predicted molar refractivity (Wildman–Crippen MR) is 57.9 cm³/mol. The van der Waals surface area contributed by atoms with Crippen LogP contribution in [-0.4, -0.2) is 24.4 Å². The largest absolute Gasteiger partial charge is 0.441 e. The summed E-state index contributed by atoms with van der Waals surface area (Å²) >= 11 is 0.109. The smallest absolute Gasteiger partial charge is 0.316 e. The number of halogens is 3. The van der Waals surface area contributed by atoms with Gasteiger partial charge in [0, 0.05) is 18.8 Å². The summed E-state index contributed by atoms with van der Waals surface area (Å²) in [5, 5.41) is 3.16. The number of hydrogen-bond acceptors (Lipinski definition) is 2. The Morgan fingerprint density at radius 2 is 1.93 bits per heavy atom. The van der Waals surface area contributed by atoms with Crippen LogP contribution in [0, 0.1) is 11.3 Å². The van der Waals surface area contributed by atoms with E-state index in [1.165, 1.54) is 0 Å². The first-order valence-corrected chi connectivity index (χ1v) is 6.23. The average Bonchev–Trinajstić information content (AvgIpc) is 1.96. The summed E-state index contributed by atoms with van der Waals surface area (Å²) in [6.07, 6.45) is 1.70. The molecule has 5 heteroatoms. The number of thioether (sulfide) groups is 1. The molecule has 90 valence electrons. The molecule has 0 aromatic carbocycles. The molecule has 0 aromatic rings. The minimum atomic E-state index is -4.07. The molecule has 0 unspecified atom stereocenters. The molecule has 1 nitrogen and oxygen atoms in total. The highest BCUT2D eigenvalue weighted by Crippen LogP contribution is 2.38. The van der Waals surface area contributed by atoms with Gasteiger partial charge in [0.15, 0.2) is 0 Å². The maximum atomic E-state index is 12.0. The highest BCUT2D eigenvalue weighted by atomic mass is 32.2. The van der Waals surface area contributed by atoms with Crippen LogP contribution in [0.2, 0.25) is 0 Å². The lowest BCUT2D eigenvalue weighted by atomic mass is 9.73. The van der Waals surface area contributed by atoms with E-state index in [0.717, 1.165) is 19.5 Å². The molecule has 0 amide bonds. The molecule has 0 saturated carbocycles. The molecule has 15 heavy (non-hydrogen) atoms. The van der Waals surface area contributed by atoms with Crippen LogP contribution < -0.4 is 5.32 Å². The van der Waals surface area contributed by atoms with Crippen molar-refractivity contribution in [2.75, 3.05) is 18.8 Å². The molecule has 1 saturated heterocycles. The van der Waals surface area contributed by atoms with Crippen molar-refractivity contribution in [1.29, 1.82) is 0 Å². The minimum Gasteiger partial charge on any atom is -0.316 e. The van der Waals surface area contributed by atoms with Crippen molar-refractivity contribution in [2.45, 2.75) is 32.2 Å². The Morgan fingerprint density at radius 1 is 1.33 bits per heavy atom. The Kier molecular flexibility index (Phi) is 4.35. The SMILES string of the molecule is CC(C)CC1(CCSC(F)(F)F)CNC1. The fraction of sp³-hybridized carbons (Fsp3) is 1.00. The van der Waals surface area contributed by atoms with Crippen LogP contribution in [0.1, 0.15) is 26.7 Å². The van der Waals surface area contributed by atoms with Gasteiger partial charge in [-0.1, -0.05) is 25.6 Å². The van der Waals surface area contributed by atoms with Crippen LogP contribution in [-0.2, 0) is 0 Å². The molecule has 1 fully saturated rings. The molecule has 0 atom stereocenters. The minimum absolute atomic E-state index is 0.109.